The summed E-state index contributed by atoms with van der Waals surface area (Å²) >= 11 is 0. The molecule has 7 nitrogen and oxygen atoms in total. The Hall–Kier alpha value is -2.18. The molecule has 0 aromatic heterocycles. The lowest BCUT2D eigenvalue weighted by Crippen LogP contribution is -2.42. The van der Waals surface area contributed by atoms with E-state index in [0.29, 0.717) is 32.5 Å². The van der Waals surface area contributed by atoms with Crippen LogP contribution in [0.2, 0.25) is 0 Å². The first-order valence-corrected chi connectivity index (χ1v) is 9.99. The number of piperidine rings is 1. The summed E-state index contributed by atoms with van der Waals surface area (Å²) in [6.07, 6.45) is 6.41. The summed E-state index contributed by atoms with van der Waals surface area (Å²) in [6.45, 7) is 3.36. The number of hydrogen-bond acceptors (Lipinski definition) is 5. The number of hydrogen-bond donors (Lipinski definition) is 0. The zero-order valence-electron chi connectivity index (χ0n) is 15.6. The van der Waals surface area contributed by atoms with Crippen molar-refractivity contribution in [3.8, 4) is 0 Å². The number of ether oxygens (including phenoxy) is 1. The van der Waals surface area contributed by atoms with Gasteiger partial charge in [-0.1, -0.05) is 12.2 Å². The molecule has 146 valence electrons. The molecule has 0 aromatic rings. The second-order valence-corrected chi connectivity index (χ2v) is 7.99. The van der Waals surface area contributed by atoms with E-state index in [1.54, 1.807) is 11.8 Å². The molecule has 3 amide bonds. The zero-order valence-corrected chi connectivity index (χ0v) is 15.6. The first kappa shape index (κ1) is 18.2. The second kappa shape index (κ2) is 7.09. The summed E-state index contributed by atoms with van der Waals surface area (Å²) in [4.78, 5) is 52.6. The van der Waals surface area contributed by atoms with Gasteiger partial charge in [0.2, 0.25) is 17.7 Å². The van der Waals surface area contributed by atoms with Crippen LogP contribution in [-0.2, 0) is 23.9 Å². The van der Waals surface area contributed by atoms with Gasteiger partial charge in [0.1, 0.15) is 0 Å². The Labute approximate surface area is 158 Å². The first-order chi connectivity index (χ1) is 13.0. The molecule has 0 radical (unpaired) electrons. The van der Waals surface area contributed by atoms with Gasteiger partial charge in [0.25, 0.3) is 0 Å². The molecule has 2 bridgehead atoms. The van der Waals surface area contributed by atoms with Crippen LogP contribution in [0.5, 0.6) is 0 Å². The monoisotopic (exact) mass is 374 g/mol. The average molecular weight is 374 g/mol. The topological polar surface area (TPSA) is 84.0 Å². The van der Waals surface area contributed by atoms with Crippen molar-refractivity contribution in [3.05, 3.63) is 12.2 Å². The third-order valence-electron chi connectivity index (χ3n) is 6.58. The van der Waals surface area contributed by atoms with Crippen LogP contribution < -0.4 is 0 Å². The maximum absolute atomic E-state index is 12.7. The van der Waals surface area contributed by atoms with Gasteiger partial charge in [-0.25, -0.2) is 0 Å². The number of carbonyl (C=O) groups is 4. The Morgan fingerprint density at radius 2 is 1.67 bits per heavy atom. The van der Waals surface area contributed by atoms with E-state index >= 15 is 0 Å². The molecule has 4 aliphatic rings. The van der Waals surface area contributed by atoms with Crippen LogP contribution in [-0.4, -0.2) is 59.7 Å². The molecule has 0 aromatic carbocycles. The SMILES string of the molecule is CCOC(=O)C1CCN(C(=O)CCN2C(=O)[C@@H]3[C@@H](C2=O)[C@H]2C=C[C@H]3C2)CC1. The standard InChI is InChI=1S/C20H26N2O5/c1-2-27-20(26)12-5-8-21(9-6-12)15(23)7-10-22-18(24)16-13-3-4-14(11-13)17(16)19(22)25/h3-4,12-14,16-17H,2,5-11H2,1H3/t13-,14-,16-,17-/m0/s1. The van der Waals surface area contributed by atoms with Gasteiger partial charge in [-0.3, -0.25) is 24.1 Å². The van der Waals surface area contributed by atoms with Gasteiger partial charge in [0, 0.05) is 26.1 Å². The van der Waals surface area contributed by atoms with Crippen LogP contribution in [0.1, 0.15) is 32.6 Å². The summed E-state index contributed by atoms with van der Waals surface area (Å²) in [5, 5.41) is 0. The molecule has 2 saturated heterocycles. The smallest absolute Gasteiger partial charge is 0.309 e. The van der Waals surface area contributed by atoms with Crippen LogP contribution in [0.25, 0.3) is 0 Å². The number of carbonyl (C=O) groups excluding carboxylic acids is 4. The molecule has 0 N–H and O–H groups in total. The molecule has 3 fully saturated rings. The van der Waals surface area contributed by atoms with Gasteiger partial charge in [-0.05, 0) is 38.0 Å². The maximum Gasteiger partial charge on any atom is 0.309 e. The van der Waals surface area contributed by atoms with Gasteiger partial charge >= 0.3 is 5.97 Å². The van der Waals surface area contributed by atoms with E-state index in [9.17, 15) is 19.2 Å². The molecule has 4 atom stereocenters. The summed E-state index contributed by atoms with van der Waals surface area (Å²) in [5.74, 6) is -0.614. The van der Waals surface area contributed by atoms with Crippen molar-refractivity contribution in [2.45, 2.75) is 32.6 Å². The van der Waals surface area contributed by atoms with Crippen molar-refractivity contribution in [1.29, 1.82) is 0 Å². The van der Waals surface area contributed by atoms with Crippen molar-refractivity contribution in [2.24, 2.45) is 29.6 Å². The quantitative estimate of drug-likeness (QED) is 0.407. The maximum atomic E-state index is 12.7. The molecular weight excluding hydrogens is 348 g/mol. The van der Waals surface area contributed by atoms with Gasteiger partial charge in [-0.2, -0.15) is 0 Å². The Morgan fingerprint density at radius 3 is 2.22 bits per heavy atom. The number of imide groups is 1. The molecule has 1 saturated carbocycles. The van der Waals surface area contributed by atoms with E-state index in [1.165, 1.54) is 4.90 Å². The second-order valence-electron chi connectivity index (χ2n) is 7.99. The number of fused-ring (bicyclic) bond motifs is 5. The van der Waals surface area contributed by atoms with E-state index < -0.39 is 0 Å². The van der Waals surface area contributed by atoms with E-state index in [1.807, 2.05) is 0 Å². The van der Waals surface area contributed by atoms with Crippen molar-refractivity contribution < 1.29 is 23.9 Å². The Kier molecular flexibility index (Phi) is 4.78. The molecule has 2 aliphatic carbocycles. The summed E-state index contributed by atoms with van der Waals surface area (Å²) in [6, 6.07) is 0. The summed E-state index contributed by atoms with van der Waals surface area (Å²) in [5.41, 5.74) is 0. The minimum atomic E-state index is -0.206. The highest BCUT2D eigenvalue weighted by Gasteiger charge is 2.59. The minimum absolute atomic E-state index is 0.0592. The fourth-order valence-electron chi connectivity index (χ4n) is 5.17. The van der Waals surface area contributed by atoms with Gasteiger partial charge in [-0.15, -0.1) is 0 Å². The third-order valence-corrected chi connectivity index (χ3v) is 6.58. The molecule has 7 heteroatoms. The van der Waals surface area contributed by atoms with Crippen LogP contribution in [0.3, 0.4) is 0 Å². The number of rotatable bonds is 5. The van der Waals surface area contributed by atoms with E-state index in [-0.39, 0.29) is 66.2 Å². The molecule has 27 heavy (non-hydrogen) atoms. The average Bonchev–Trinajstić information content (AvgIpc) is 3.35. The molecule has 0 unspecified atom stereocenters. The largest absolute Gasteiger partial charge is 0.466 e. The lowest BCUT2D eigenvalue weighted by atomic mass is 9.85. The zero-order chi connectivity index (χ0) is 19.1. The first-order valence-electron chi connectivity index (χ1n) is 9.99. The van der Waals surface area contributed by atoms with Crippen molar-refractivity contribution in [3.63, 3.8) is 0 Å². The molecular formula is C20H26N2O5. The number of likely N-dealkylation sites (tertiary alicyclic amines) is 2. The number of amides is 3. The van der Waals surface area contributed by atoms with Gasteiger partial charge in [0.15, 0.2) is 0 Å². The highest BCUT2D eigenvalue weighted by atomic mass is 16.5. The predicted octanol–water partition coefficient (Wildman–Crippen LogP) is 0.985. The normalized spacial score (nSPS) is 32.3. The summed E-state index contributed by atoms with van der Waals surface area (Å²) < 4.78 is 5.05. The van der Waals surface area contributed by atoms with Gasteiger partial charge < -0.3 is 9.64 Å². The number of nitrogens with zero attached hydrogens (tertiary/aromatic N) is 2. The lowest BCUT2D eigenvalue weighted by Gasteiger charge is -2.31. The van der Waals surface area contributed by atoms with Crippen LogP contribution in [0.4, 0.5) is 0 Å². The van der Waals surface area contributed by atoms with Gasteiger partial charge in [0.05, 0.1) is 24.4 Å². The molecule has 2 aliphatic heterocycles. The fourth-order valence-corrected chi connectivity index (χ4v) is 5.17. The molecule has 2 heterocycles. The van der Waals surface area contributed by atoms with E-state index in [4.69, 9.17) is 4.74 Å². The molecule has 0 spiro atoms. The summed E-state index contributed by atoms with van der Waals surface area (Å²) in [7, 11) is 0. The predicted molar refractivity (Wildman–Crippen MR) is 95.0 cm³/mol. The van der Waals surface area contributed by atoms with Crippen LogP contribution in [0.15, 0.2) is 12.2 Å². The Balaban J connectivity index is 1.28. The van der Waals surface area contributed by atoms with Crippen LogP contribution in [0, 0.1) is 29.6 Å². The third kappa shape index (κ3) is 3.07. The highest BCUT2D eigenvalue weighted by molar-refractivity contribution is 6.06. The van der Waals surface area contributed by atoms with Crippen molar-refractivity contribution >= 4 is 23.7 Å². The van der Waals surface area contributed by atoms with Crippen molar-refractivity contribution in [2.75, 3.05) is 26.2 Å². The van der Waals surface area contributed by atoms with E-state index in [0.717, 1.165) is 6.42 Å². The lowest BCUT2D eigenvalue weighted by molar-refractivity contribution is -0.151. The fraction of sp³-hybridized carbons (Fsp3) is 0.700. The number of allylic oxidation sites excluding steroid dienone is 2. The Bertz CT molecular complexity index is 664. The highest BCUT2D eigenvalue weighted by Crippen LogP contribution is 2.52. The van der Waals surface area contributed by atoms with Crippen LogP contribution >= 0.6 is 0 Å². The Morgan fingerprint density at radius 1 is 1.07 bits per heavy atom. The molecule has 4 rings (SSSR count). The minimum Gasteiger partial charge on any atom is -0.466 e. The van der Waals surface area contributed by atoms with E-state index in [2.05, 4.69) is 12.2 Å². The van der Waals surface area contributed by atoms with Crippen molar-refractivity contribution in [1.82, 2.24) is 9.80 Å². The number of esters is 1.